The molecule has 0 N–H and O–H groups in total. The molecule has 7 nitrogen and oxygen atoms in total. The van der Waals surface area contributed by atoms with Gasteiger partial charge in [0, 0.05) is 38.7 Å². The number of halogens is 1. The summed E-state index contributed by atoms with van der Waals surface area (Å²) < 4.78 is 14.3. The number of carbonyl (C=O) groups excluding carboxylic acids is 2. The maximum absolute atomic E-state index is 13.2. The van der Waals surface area contributed by atoms with Gasteiger partial charge in [0.2, 0.25) is 5.91 Å². The van der Waals surface area contributed by atoms with Gasteiger partial charge in [-0.2, -0.15) is 9.78 Å². The molecule has 170 valence electrons. The van der Waals surface area contributed by atoms with Crippen molar-refractivity contribution >= 4 is 11.8 Å². The summed E-state index contributed by atoms with van der Waals surface area (Å²) in [5.74, 6) is -0.630. The number of amides is 2. The van der Waals surface area contributed by atoms with E-state index in [-0.39, 0.29) is 17.5 Å². The smallest absolute Gasteiger partial charge is 0.274 e. The van der Waals surface area contributed by atoms with Crippen LogP contribution in [0.15, 0.2) is 71.5 Å². The number of rotatable bonds is 6. The molecule has 4 rings (SSSR count). The predicted octanol–water partition coefficient (Wildman–Crippen LogP) is 2.68. The molecule has 1 aliphatic rings. The van der Waals surface area contributed by atoms with Crippen molar-refractivity contribution in [3.63, 3.8) is 0 Å². The van der Waals surface area contributed by atoms with Crippen LogP contribution in [-0.2, 0) is 11.2 Å². The van der Waals surface area contributed by atoms with Gasteiger partial charge in [0.05, 0.1) is 5.69 Å². The Bertz CT molecular complexity index is 1170. The topological polar surface area (TPSA) is 75.5 Å². The zero-order chi connectivity index (χ0) is 23.2. The maximum atomic E-state index is 13.2. The maximum Gasteiger partial charge on any atom is 0.274 e. The highest BCUT2D eigenvalue weighted by Crippen LogP contribution is 2.11. The molecular formula is C25H25FN4O3. The Kier molecular flexibility index (Phi) is 6.92. The molecule has 1 aliphatic heterocycles. The van der Waals surface area contributed by atoms with Gasteiger partial charge in [-0.05, 0) is 48.7 Å². The van der Waals surface area contributed by atoms with Crippen molar-refractivity contribution in [2.45, 2.75) is 19.3 Å². The molecular weight excluding hydrogens is 423 g/mol. The molecule has 0 aliphatic carbocycles. The van der Waals surface area contributed by atoms with Gasteiger partial charge in [-0.3, -0.25) is 14.4 Å². The lowest BCUT2D eigenvalue weighted by Crippen LogP contribution is -2.50. The molecule has 0 spiro atoms. The second kappa shape index (κ2) is 10.2. The Labute approximate surface area is 191 Å². The van der Waals surface area contributed by atoms with E-state index < -0.39 is 11.4 Å². The Morgan fingerprint density at radius 3 is 2.21 bits per heavy atom. The standard InChI is InChI=1S/C25H25FN4O3/c26-20-9-11-21(12-10-20)30-24(32)14-13-22(27-30)25(33)29-17-15-28(16-18-29)23(31)8-4-7-19-5-2-1-3-6-19/h1-3,5-6,9-14H,4,7-8,15-18H2. The number of piperazine rings is 1. The van der Waals surface area contributed by atoms with E-state index in [1.54, 1.807) is 9.80 Å². The number of benzene rings is 2. The van der Waals surface area contributed by atoms with Crippen LogP contribution in [0.25, 0.3) is 5.69 Å². The van der Waals surface area contributed by atoms with Gasteiger partial charge >= 0.3 is 0 Å². The van der Waals surface area contributed by atoms with E-state index >= 15 is 0 Å². The summed E-state index contributed by atoms with van der Waals surface area (Å²) in [6.07, 6.45) is 2.13. The van der Waals surface area contributed by atoms with E-state index in [4.69, 9.17) is 0 Å². The molecule has 0 bridgehead atoms. The molecule has 1 fully saturated rings. The van der Waals surface area contributed by atoms with Crippen LogP contribution in [0, 0.1) is 5.82 Å². The lowest BCUT2D eigenvalue weighted by molar-refractivity contribution is -0.132. The molecule has 33 heavy (non-hydrogen) atoms. The second-order valence-electron chi connectivity index (χ2n) is 7.96. The van der Waals surface area contributed by atoms with E-state index in [2.05, 4.69) is 17.2 Å². The minimum atomic E-state index is -0.425. The second-order valence-corrected chi connectivity index (χ2v) is 7.96. The van der Waals surface area contributed by atoms with E-state index in [1.807, 2.05) is 18.2 Å². The first-order chi connectivity index (χ1) is 16.0. The quantitative estimate of drug-likeness (QED) is 0.581. The van der Waals surface area contributed by atoms with Crippen molar-refractivity contribution in [3.05, 3.63) is 94.2 Å². The zero-order valence-electron chi connectivity index (χ0n) is 18.2. The number of carbonyl (C=O) groups is 2. The van der Waals surface area contributed by atoms with Crippen LogP contribution in [0.3, 0.4) is 0 Å². The summed E-state index contributed by atoms with van der Waals surface area (Å²) >= 11 is 0. The number of aryl methyl sites for hydroxylation is 1. The highest BCUT2D eigenvalue weighted by molar-refractivity contribution is 5.92. The third kappa shape index (κ3) is 5.52. The van der Waals surface area contributed by atoms with Crippen molar-refractivity contribution in [2.24, 2.45) is 0 Å². The largest absolute Gasteiger partial charge is 0.339 e. The van der Waals surface area contributed by atoms with Crippen LogP contribution >= 0.6 is 0 Å². The first-order valence-corrected chi connectivity index (χ1v) is 11.0. The van der Waals surface area contributed by atoms with Crippen LogP contribution in [0.4, 0.5) is 4.39 Å². The number of hydrogen-bond donors (Lipinski definition) is 0. The molecule has 0 radical (unpaired) electrons. The van der Waals surface area contributed by atoms with Crippen LogP contribution in [0.5, 0.6) is 0 Å². The van der Waals surface area contributed by atoms with Crippen molar-refractivity contribution in [3.8, 4) is 5.69 Å². The van der Waals surface area contributed by atoms with Gasteiger partial charge in [-0.15, -0.1) is 0 Å². The van der Waals surface area contributed by atoms with Gasteiger partial charge in [-0.25, -0.2) is 4.39 Å². The predicted molar refractivity (Wildman–Crippen MR) is 122 cm³/mol. The molecule has 1 saturated heterocycles. The molecule has 3 aromatic rings. The fourth-order valence-corrected chi connectivity index (χ4v) is 3.86. The number of nitrogens with zero attached hydrogens (tertiary/aromatic N) is 4. The van der Waals surface area contributed by atoms with Gasteiger partial charge in [0.25, 0.3) is 11.5 Å². The Balaban J connectivity index is 1.32. The van der Waals surface area contributed by atoms with E-state index in [0.29, 0.717) is 38.3 Å². The summed E-state index contributed by atoms with van der Waals surface area (Å²) in [6.45, 7) is 1.74. The van der Waals surface area contributed by atoms with Crippen LogP contribution in [0.1, 0.15) is 28.9 Å². The zero-order valence-corrected chi connectivity index (χ0v) is 18.2. The lowest BCUT2D eigenvalue weighted by atomic mass is 10.1. The Morgan fingerprint density at radius 2 is 1.52 bits per heavy atom. The van der Waals surface area contributed by atoms with Crippen LogP contribution in [0.2, 0.25) is 0 Å². The van der Waals surface area contributed by atoms with Crippen LogP contribution in [-0.4, -0.2) is 57.6 Å². The summed E-state index contributed by atoms with van der Waals surface area (Å²) in [5, 5.41) is 4.18. The third-order valence-corrected chi connectivity index (χ3v) is 5.71. The van der Waals surface area contributed by atoms with Gasteiger partial charge in [0.15, 0.2) is 0 Å². The van der Waals surface area contributed by atoms with Crippen molar-refractivity contribution in [2.75, 3.05) is 26.2 Å². The minimum Gasteiger partial charge on any atom is -0.339 e. The molecule has 0 atom stereocenters. The van der Waals surface area contributed by atoms with Gasteiger partial charge in [0.1, 0.15) is 11.5 Å². The normalized spacial score (nSPS) is 13.7. The Hall–Kier alpha value is -3.81. The van der Waals surface area contributed by atoms with E-state index in [9.17, 15) is 18.8 Å². The SMILES string of the molecule is O=C(CCCc1ccccc1)N1CCN(C(=O)c2ccc(=O)n(-c3ccc(F)cc3)n2)CC1. The summed E-state index contributed by atoms with van der Waals surface area (Å²) in [5.41, 5.74) is 1.31. The monoisotopic (exact) mass is 448 g/mol. The molecule has 2 amide bonds. The molecule has 1 aromatic heterocycles. The molecule has 2 heterocycles. The number of aromatic nitrogens is 2. The van der Waals surface area contributed by atoms with Gasteiger partial charge < -0.3 is 9.80 Å². The summed E-state index contributed by atoms with van der Waals surface area (Å²) in [7, 11) is 0. The highest BCUT2D eigenvalue weighted by Gasteiger charge is 2.25. The molecule has 0 unspecified atom stereocenters. The average molecular weight is 448 g/mol. The highest BCUT2D eigenvalue weighted by atomic mass is 19.1. The first-order valence-electron chi connectivity index (χ1n) is 11.0. The number of hydrogen-bond acceptors (Lipinski definition) is 4. The average Bonchev–Trinajstić information content (AvgIpc) is 2.85. The third-order valence-electron chi connectivity index (χ3n) is 5.71. The van der Waals surface area contributed by atoms with Crippen molar-refractivity contribution < 1.29 is 14.0 Å². The van der Waals surface area contributed by atoms with Crippen molar-refractivity contribution in [1.82, 2.24) is 19.6 Å². The minimum absolute atomic E-state index is 0.0982. The molecule has 2 aromatic carbocycles. The van der Waals surface area contributed by atoms with Gasteiger partial charge in [-0.1, -0.05) is 30.3 Å². The lowest BCUT2D eigenvalue weighted by Gasteiger charge is -2.34. The summed E-state index contributed by atoms with van der Waals surface area (Å²) in [6, 6.07) is 18.1. The van der Waals surface area contributed by atoms with Crippen molar-refractivity contribution in [1.29, 1.82) is 0 Å². The van der Waals surface area contributed by atoms with Crippen LogP contribution < -0.4 is 5.56 Å². The Morgan fingerprint density at radius 1 is 0.848 bits per heavy atom. The fraction of sp³-hybridized carbons (Fsp3) is 0.280. The summed E-state index contributed by atoms with van der Waals surface area (Å²) in [4.78, 5) is 41.1. The van der Waals surface area contributed by atoms with E-state index in [1.165, 1.54) is 42.0 Å². The molecule has 8 heteroatoms. The molecule has 0 saturated carbocycles. The van der Waals surface area contributed by atoms with E-state index in [0.717, 1.165) is 17.5 Å². The first kappa shape index (κ1) is 22.4. The fourth-order valence-electron chi connectivity index (χ4n) is 3.86.